The molecule has 1 rings (SSSR count). The van der Waals surface area contributed by atoms with Crippen LogP contribution in [0.2, 0.25) is 0 Å². The fourth-order valence-electron chi connectivity index (χ4n) is 1.07. The summed E-state index contributed by atoms with van der Waals surface area (Å²) < 4.78 is 6.17. The lowest BCUT2D eigenvalue weighted by molar-refractivity contribution is -0.121. The van der Waals surface area contributed by atoms with Gasteiger partial charge < -0.3 is 19.7 Å². The Morgan fingerprint density at radius 3 is 2.94 bits per heavy atom. The van der Waals surface area contributed by atoms with Crippen LogP contribution in [-0.4, -0.2) is 46.8 Å². The highest BCUT2D eigenvalue weighted by Gasteiger charge is 2.08. The Labute approximate surface area is 92.0 Å². The van der Waals surface area contributed by atoms with E-state index in [1.165, 1.54) is 17.1 Å². The van der Waals surface area contributed by atoms with Gasteiger partial charge in [-0.15, -0.1) is 0 Å². The van der Waals surface area contributed by atoms with Gasteiger partial charge in [-0.1, -0.05) is 0 Å². The Hall–Kier alpha value is -1.89. The third kappa shape index (κ3) is 3.70. The van der Waals surface area contributed by atoms with Crippen molar-refractivity contribution in [3.63, 3.8) is 0 Å². The highest BCUT2D eigenvalue weighted by molar-refractivity contribution is 5.85. The number of amides is 1. The van der Waals surface area contributed by atoms with E-state index in [1.807, 2.05) is 0 Å². The maximum atomic E-state index is 11.3. The van der Waals surface area contributed by atoms with Crippen molar-refractivity contribution in [1.29, 1.82) is 0 Å². The van der Waals surface area contributed by atoms with E-state index in [2.05, 4.69) is 10.3 Å². The van der Waals surface area contributed by atoms with Crippen LogP contribution in [0.25, 0.3) is 0 Å². The second-order valence-electron chi connectivity index (χ2n) is 3.08. The summed E-state index contributed by atoms with van der Waals surface area (Å²) in [5.74, 6) is -1.33. The molecule has 7 heteroatoms. The van der Waals surface area contributed by atoms with Crippen molar-refractivity contribution in [2.75, 3.05) is 20.3 Å². The van der Waals surface area contributed by atoms with Gasteiger partial charge in [-0.25, -0.2) is 9.78 Å². The number of hydrogen-bond acceptors (Lipinski definition) is 4. The number of carbonyl (C=O) groups is 2. The number of carbonyl (C=O) groups excluding carboxylic acids is 1. The van der Waals surface area contributed by atoms with Crippen LogP contribution in [0.3, 0.4) is 0 Å². The van der Waals surface area contributed by atoms with E-state index in [4.69, 9.17) is 9.84 Å². The van der Waals surface area contributed by atoms with Gasteiger partial charge in [0.05, 0.1) is 12.9 Å². The largest absolute Gasteiger partial charge is 0.476 e. The first-order valence-electron chi connectivity index (χ1n) is 4.64. The third-order valence-electron chi connectivity index (χ3n) is 1.81. The predicted molar refractivity (Wildman–Crippen MR) is 54.1 cm³/mol. The summed E-state index contributed by atoms with van der Waals surface area (Å²) in [6.07, 6.45) is 2.61. The van der Waals surface area contributed by atoms with Crippen molar-refractivity contribution in [2.24, 2.45) is 0 Å². The average Bonchev–Trinajstić information content (AvgIpc) is 2.66. The average molecular weight is 227 g/mol. The quantitative estimate of drug-likeness (QED) is 0.629. The number of rotatable bonds is 6. The number of aromatic carboxylic acids is 1. The minimum atomic E-state index is -1.11. The summed E-state index contributed by atoms with van der Waals surface area (Å²) in [7, 11) is 1.54. The van der Waals surface area contributed by atoms with Gasteiger partial charge in [0.2, 0.25) is 5.91 Å². The number of nitrogens with one attached hydrogen (secondary N) is 1. The molecule has 0 atom stereocenters. The smallest absolute Gasteiger partial charge is 0.356 e. The third-order valence-corrected chi connectivity index (χ3v) is 1.81. The van der Waals surface area contributed by atoms with E-state index >= 15 is 0 Å². The first kappa shape index (κ1) is 12.2. The Balaban J connectivity index is 2.40. The number of hydrogen-bond donors (Lipinski definition) is 2. The number of aromatic nitrogens is 2. The molecular weight excluding hydrogens is 214 g/mol. The molecule has 0 spiro atoms. The Kier molecular flexibility index (Phi) is 4.46. The van der Waals surface area contributed by atoms with Crippen molar-refractivity contribution in [3.8, 4) is 0 Å². The molecule has 1 aromatic heterocycles. The van der Waals surface area contributed by atoms with Crippen LogP contribution in [0.15, 0.2) is 12.5 Å². The van der Waals surface area contributed by atoms with Crippen LogP contribution in [0.5, 0.6) is 0 Å². The molecule has 1 aromatic rings. The number of methoxy groups -OCH3 is 1. The highest BCUT2D eigenvalue weighted by atomic mass is 16.5. The van der Waals surface area contributed by atoms with Gasteiger partial charge in [-0.05, 0) is 0 Å². The topological polar surface area (TPSA) is 93.5 Å². The molecule has 0 bridgehead atoms. The molecule has 0 radical (unpaired) electrons. The molecule has 1 heterocycles. The molecule has 0 aliphatic rings. The zero-order valence-electron chi connectivity index (χ0n) is 8.84. The van der Waals surface area contributed by atoms with E-state index in [0.29, 0.717) is 13.2 Å². The maximum Gasteiger partial charge on any atom is 0.356 e. The van der Waals surface area contributed by atoms with Crippen molar-refractivity contribution >= 4 is 11.9 Å². The zero-order chi connectivity index (χ0) is 12.0. The van der Waals surface area contributed by atoms with Gasteiger partial charge in [0, 0.05) is 19.9 Å². The second kappa shape index (κ2) is 5.86. The molecular formula is C9H13N3O4. The number of carboxylic acids is 1. The number of nitrogens with zero attached hydrogens (tertiary/aromatic N) is 2. The summed E-state index contributed by atoms with van der Waals surface area (Å²) in [5, 5.41) is 11.2. The molecule has 16 heavy (non-hydrogen) atoms. The molecule has 0 aromatic carbocycles. The number of imidazole rings is 1. The second-order valence-corrected chi connectivity index (χ2v) is 3.08. The SMILES string of the molecule is COCCNC(=O)Cn1cnc(C(=O)O)c1. The van der Waals surface area contributed by atoms with Crippen molar-refractivity contribution in [2.45, 2.75) is 6.54 Å². The lowest BCUT2D eigenvalue weighted by Gasteiger charge is -2.04. The Morgan fingerprint density at radius 1 is 1.62 bits per heavy atom. The Bertz CT molecular complexity index is 375. The normalized spacial score (nSPS) is 10.1. The van der Waals surface area contributed by atoms with Crippen LogP contribution in [0, 0.1) is 0 Å². The van der Waals surface area contributed by atoms with Crippen molar-refractivity contribution in [3.05, 3.63) is 18.2 Å². The van der Waals surface area contributed by atoms with Gasteiger partial charge >= 0.3 is 5.97 Å². The number of carboxylic acid groups (broad SMARTS) is 1. The molecule has 0 unspecified atom stereocenters. The summed E-state index contributed by atoms with van der Waals surface area (Å²) in [6.45, 7) is 0.913. The molecule has 0 saturated heterocycles. The molecule has 0 aliphatic carbocycles. The first-order valence-corrected chi connectivity index (χ1v) is 4.64. The summed E-state index contributed by atoms with van der Waals surface area (Å²) in [6, 6.07) is 0. The monoisotopic (exact) mass is 227 g/mol. The van der Waals surface area contributed by atoms with Gasteiger partial charge in [0.15, 0.2) is 5.69 Å². The molecule has 7 nitrogen and oxygen atoms in total. The highest BCUT2D eigenvalue weighted by Crippen LogP contribution is 1.95. The van der Waals surface area contributed by atoms with Crippen molar-refractivity contribution in [1.82, 2.24) is 14.9 Å². The van der Waals surface area contributed by atoms with E-state index in [0.717, 1.165) is 0 Å². The maximum absolute atomic E-state index is 11.3. The summed E-state index contributed by atoms with van der Waals surface area (Å²) in [5.41, 5.74) is -0.0790. The first-order chi connectivity index (χ1) is 7.63. The minimum absolute atomic E-state index is 0.0456. The van der Waals surface area contributed by atoms with E-state index < -0.39 is 5.97 Å². The lowest BCUT2D eigenvalue weighted by Crippen LogP contribution is -2.30. The zero-order valence-corrected chi connectivity index (χ0v) is 8.84. The molecule has 0 saturated carbocycles. The van der Waals surface area contributed by atoms with Crippen LogP contribution in [0.4, 0.5) is 0 Å². The summed E-state index contributed by atoms with van der Waals surface area (Å²) >= 11 is 0. The standard InChI is InChI=1S/C9H13N3O4/c1-16-3-2-10-8(13)5-12-4-7(9(14)15)11-6-12/h4,6H,2-3,5H2,1H3,(H,10,13)(H,14,15). The van der Waals surface area contributed by atoms with Crippen molar-refractivity contribution < 1.29 is 19.4 Å². The van der Waals surface area contributed by atoms with Gasteiger partial charge in [-0.2, -0.15) is 0 Å². The molecule has 88 valence electrons. The predicted octanol–water partition coefficient (Wildman–Crippen LogP) is -0.656. The van der Waals surface area contributed by atoms with Gasteiger partial charge in [-0.3, -0.25) is 4.79 Å². The van der Waals surface area contributed by atoms with Gasteiger partial charge in [0.25, 0.3) is 0 Å². The Morgan fingerprint density at radius 2 is 2.38 bits per heavy atom. The van der Waals surface area contributed by atoms with Crippen LogP contribution in [0.1, 0.15) is 10.5 Å². The van der Waals surface area contributed by atoms with Crippen LogP contribution < -0.4 is 5.32 Å². The summed E-state index contributed by atoms with van der Waals surface area (Å²) in [4.78, 5) is 25.4. The number of ether oxygens (including phenoxy) is 1. The van der Waals surface area contributed by atoms with E-state index in [1.54, 1.807) is 7.11 Å². The molecule has 1 amide bonds. The van der Waals surface area contributed by atoms with E-state index in [-0.39, 0.29) is 18.1 Å². The lowest BCUT2D eigenvalue weighted by atomic mass is 10.5. The molecule has 2 N–H and O–H groups in total. The fourth-order valence-corrected chi connectivity index (χ4v) is 1.07. The minimum Gasteiger partial charge on any atom is -0.476 e. The molecule has 0 fully saturated rings. The van der Waals surface area contributed by atoms with Crippen LogP contribution in [-0.2, 0) is 16.1 Å². The van der Waals surface area contributed by atoms with E-state index in [9.17, 15) is 9.59 Å². The fraction of sp³-hybridized carbons (Fsp3) is 0.444. The molecule has 0 aliphatic heterocycles. The van der Waals surface area contributed by atoms with Gasteiger partial charge in [0.1, 0.15) is 6.54 Å². The van der Waals surface area contributed by atoms with Crippen LogP contribution >= 0.6 is 0 Å².